The maximum absolute atomic E-state index is 11.0. The van der Waals surface area contributed by atoms with E-state index in [0.717, 1.165) is 0 Å². The van der Waals surface area contributed by atoms with Crippen molar-refractivity contribution in [1.82, 2.24) is 0 Å². The monoisotopic (exact) mass is 217 g/mol. The smallest absolute Gasteiger partial charge is 0.609 e. The van der Waals surface area contributed by atoms with Crippen LogP contribution < -0.4 is 15.2 Å². The third kappa shape index (κ3) is 1.52. The zero-order valence-corrected chi connectivity index (χ0v) is 6.89. The molecule has 0 saturated heterocycles. The van der Waals surface area contributed by atoms with Gasteiger partial charge in [0.15, 0.2) is 0 Å². The normalized spacial score (nSPS) is 9.87. The van der Waals surface area contributed by atoms with Crippen molar-refractivity contribution in [2.75, 3.05) is 5.73 Å². The minimum Gasteiger partial charge on any atom is -0.710 e. The van der Waals surface area contributed by atoms with E-state index in [1.807, 2.05) is 0 Å². The van der Waals surface area contributed by atoms with Crippen molar-refractivity contribution in [3.8, 4) is 0 Å². The van der Waals surface area contributed by atoms with Gasteiger partial charge in [-0.25, -0.2) is 4.73 Å². The number of nitrogens with two attached hydrogens (primary N) is 1. The van der Waals surface area contributed by atoms with Crippen LogP contribution in [0.25, 0.3) is 0 Å². The Bertz CT molecular complexity index is 457. The van der Waals surface area contributed by atoms with Gasteiger partial charge in [0.2, 0.25) is 6.20 Å². The zero-order chi connectivity index (χ0) is 11.7. The molecule has 0 aliphatic heterocycles. The van der Waals surface area contributed by atoms with Gasteiger partial charge in [0.25, 0.3) is 0 Å². The van der Waals surface area contributed by atoms with Crippen molar-refractivity contribution in [3.05, 3.63) is 36.8 Å². The van der Waals surface area contributed by atoms with Gasteiger partial charge in [-0.2, -0.15) is 0 Å². The fraction of sp³-hybridized carbons (Fsp3) is 0. The Hall–Kier alpha value is -2.72. The Balaban J connectivity index is 3.63. The molecule has 11 nitrogen and oxygen atoms in total. The maximum atomic E-state index is 11.0. The summed E-state index contributed by atoms with van der Waals surface area (Å²) in [5, 5.41) is 42.4. The van der Waals surface area contributed by atoms with Crippen LogP contribution in [-0.4, -0.2) is 9.85 Å². The molecule has 11 heteroatoms. The van der Waals surface area contributed by atoms with Gasteiger partial charge in [0.1, 0.15) is 9.85 Å². The number of hydrogen-bond donors (Lipinski definition) is 1. The first-order valence-electron chi connectivity index (χ1n) is 3.30. The van der Waals surface area contributed by atoms with Crippen LogP contribution >= 0.6 is 0 Å². The molecule has 0 spiro atoms. The molecule has 15 heavy (non-hydrogen) atoms. The highest BCUT2D eigenvalue weighted by Gasteiger charge is 2.39. The molecule has 1 aromatic heterocycles. The Morgan fingerprint density at radius 2 is 1.73 bits per heavy atom. The molecule has 0 saturated carbocycles. The number of nitrogens with zero attached hydrogens (tertiary/aromatic N) is 4. The van der Waals surface area contributed by atoms with Crippen LogP contribution in [0.4, 0.5) is 17.5 Å². The zero-order valence-electron chi connectivity index (χ0n) is 6.89. The topological polar surface area (TPSA) is 166 Å². The predicted molar refractivity (Wildman–Crippen MR) is 42.1 cm³/mol. The van der Waals surface area contributed by atoms with Crippen molar-refractivity contribution in [1.29, 1.82) is 0 Å². The van der Waals surface area contributed by atoms with E-state index >= 15 is 0 Å². The van der Waals surface area contributed by atoms with Gasteiger partial charge in [-0.3, -0.25) is 26.0 Å². The van der Waals surface area contributed by atoms with Gasteiger partial charge < -0.3 is 10.4 Å². The van der Waals surface area contributed by atoms with Crippen LogP contribution in [0.15, 0.2) is 6.20 Å². The molecule has 1 rings (SSSR count). The number of nitro groups is 2. The summed E-state index contributed by atoms with van der Waals surface area (Å²) in [7, 11) is 0. The fourth-order valence-corrected chi connectivity index (χ4v) is 0.827. The van der Waals surface area contributed by atoms with Gasteiger partial charge in [-0.1, -0.05) is 0 Å². The summed E-state index contributed by atoms with van der Waals surface area (Å²) in [6.45, 7) is 0. The molecule has 0 aliphatic rings. The minimum atomic E-state index is -1.38. The SMILES string of the molecule is Nc1c([N+](=O)[O-])[n+]([O-])c([N+](=O)[O-])c[n+]1[O-]. The summed E-state index contributed by atoms with van der Waals surface area (Å²) in [6.07, 6.45) is 0.245. The largest absolute Gasteiger partial charge is 0.710 e. The van der Waals surface area contributed by atoms with Crippen LogP contribution in [0.2, 0.25) is 0 Å². The summed E-state index contributed by atoms with van der Waals surface area (Å²) < 4.78 is -0.936. The quantitative estimate of drug-likeness (QED) is 0.268. The van der Waals surface area contributed by atoms with Gasteiger partial charge in [0, 0.05) is 0 Å². The predicted octanol–water partition coefficient (Wildman–Crippen LogP) is -1.65. The molecular weight excluding hydrogens is 214 g/mol. The summed E-state index contributed by atoms with van der Waals surface area (Å²) in [6, 6.07) is 0. The highest BCUT2D eigenvalue weighted by atomic mass is 16.7. The van der Waals surface area contributed by atoms with Crippen LogP contribution in [-0.2, 0) is 0 Å². The van der Waals surface area contributed by atoms with Gasteiger partial charge in [-0.05, 0) is 4.73 Å². The molecule has 0 amide bonds. The number of aromatic nitrogens is 2. The van der Waals surface area contributed by atoms with Crippen molar-refractivity contribution < 1.29 is 19.3 Å². The van der Waals surface area contributed by atoms with Crippen molar-refractivity contribution in [3.63, 3.8) is 0 Å². The fourth-order valence-electron chi connectivity index (χ4n) is 0.827. The number of hydrogen-bond acceptors (Lipinski definition) is 7. The molecule has 0 fully saturated rings. The van der Waals surface area contributed by atoms with Gasteiger partial charge in [-0.15, -0.1) is 0 Å². The van der Waals surface area contributed by atoms with E-state index in [-0.39, 0.29) is 10.9 Å². The summed E-state index contributed by atoms with van der Waals surface area (Å²) in [5.74, 6) is -3.66. The first kappa shape index (κ1) is 10.4. The van der Waals surface area contributed by atoms with E-state index in [4.69, 9.17) is 5.73 Å². The van der Waals surface area contributed by atoms with E-state index in [2.05, 4.69) is 0 Å². The van der Waals surface area contributed by atoms with Crippen LogP contribution in [0.5, 0.6) is 0 Å². The van der Waals surface area contributed by atoms with Crippen LogP contribution in [0.3, 0.4) is 0 Å². The molecule has 0 aliphatic carbocycles. The van der Waals surface area contributed by atoms with E-state index in [0.29, 0.717) is 0 Å². The van der Waals surface area contributed by atoms with Crippen LogP contribution in [0, 0.1) is 30.6 Å². The molecule has 1 aromatic rings. The molecule has 0 atom stereocenters. The molecule has 0 radical (unpaired) electrons. The van der Waals surface area contributed by atoms with E-state index in [1.165, 1.54) is 0 Å². The summed E-state index contributed by atoms with van der Waals surface area (Å²) in [4.78, 5) is 18.0. The Morgan fingerprint density at radius 3 is 2.13 bits per heavy atom. The molecule has 0 aromatic carbocycles. The molecular formula is C4H3N5O6. The highest BCUT2D eigenvalue weighted by molar-refractivity contribution is 5.38. The molecule has 2 N–H and O–H groups in total. The lowest BCUT2D eigenvalue weighted by molar-refractivity contribution is -0.728. The highest BCUT2D eigenvalue weighted by Crippen LogP contribution is 2.14. The second-order valence-corrected chi connectivity index (χ2v) is 2.33. The molecule has 0 bridgehead atoms. The van der Waals surface area contributed by atoms with Crippen molar-refractivity contribution >= 4 is 17.5 Å². The standard InChI is InChI=1S/C4H3N5O6/c5-3-4(9(14)15)7(11)2(8(12)13)1-6(3)10/h1H,5H2. The first-order valence-corrected chi connectivity index (χ1v) is 3.30. The average Bonchev–Trinajstić information content (AvgIpc) is 2.10. The summed E-state index contributed by atoms with van der Waals surface area (Å²) >= 11 is 0. The van der Waals surface area contributed by atoms with Gasteiger partial charge >= 0.3 is 17.5 Å². The third-order valence-electron chi connectivity index (χ3n) is 1.46. The Morgan fingerprint density at radius 1 is 1.20 bits per heavy atom. The van der Waals surface area contributed by atoms with Crippen molar-refractivity contribution in [2.24, 2.45) is 0 Å². The molecule has 80 valence electrons. The van der Waals surface area contributed by atoms with Gasteiger partial charge in [0.05, 0.1) is 0 Å². The first-order chi connectivity index (χ1) is 6.86. The van der Waals surface area contributed by atoms with Crippen molar-refractivity contribution in [2.45, 2.75) is 0 Å². The lowest BCUT2D eigenvalue weighted by Crippen LogP contribution is -2.43. The average molecular weight is 217 g/mol. The summed E-state index contributed by atoms with van der Waals surface area (Å²) in [5.41, 5.74) is 4.92. The lowest BCUT2D eigenvalue weighted by Gasteiger charge is -2.03. The van der Waals surface area contributed by atoms with Crippen LogP contribution in [0.1, 0.15) is 0 Å². The Kier molecular flexibility index (Phi) is 2.22. The minimum absolute atomic E-state index is 0.245. The second-order valence-electron chi connectivity index (χ2n) is 2.33. The Labute approximate surface area is 80.4 Å². The third-order valence-corrected chi connectivity index (χ3v) is 1.46. The lowest BCUT2D eigenvalue weighted by atomic mass is 10.5. The second kappa shape index (κ2) is 3.21. The molecule has 1 heterocycles. The number of nitrogen functional groups attached to an aromatic ring is 1. The van der Waals surface area contributed by atoms with E-state index in [9.17, 15) is 30.6 Å². The maximum Gasteiger partial charge on any atom is 0.609 e. The number of anilines is 1. The van der Waals surface area contributed by atoms with E-state index in [1.54, 1.807) is 0 Å². The van der Waals surface area contributed by atoms with E-state index < -0.39 is 32.0 Å². The number of rotatable bonds is 2. The molecule has 0 unspecified atom stereocenters.